The minimum atomic E-state index is -0.116. The van der Waals surface area contributed by atoms with E-state index in [9.17, 15) is 4.79 Å². The molecule has 0 unspecified atom stereocenters. The van der Waals surface area contributed by atoms with E-state index in [1.54, 1.807) is 41.1 Å². The Morgan fingerprint density at radius 3 is 2.30 bits per heavy atom. The molecule has 2 aromatic carbocycles. The van der Waals surface area contributed by atoms with Gasteiger partial charge in [-0.05, 0) is 23.8 Å². The third-order valence-corrected chi connectivity index (χ3v) is 3.72. The molecule has 3 aromatic rings. The molecular formula is C18H12Cl2N2O. The van der Waals surface area contributed by atoms with Crippen molar-refractivity contribution in [2.45, 2.75) is 0 Å². The van der Waals surface area contributed by atoms with Crippen LogP contribution in [0.4, 0.5) is 0 Å². The lowest BCUT2D eigenvalue weighted by molar-refractivity contribution is 0.105. The van der Waals surface area contributed by atoms with E-state index in [1.165, 1.54) is 6.33 Å². The summed E-state index contributed by atoms with van der Waals surface area (Å²) in [6, 6.07) is 16.3. The Kier molecular flexibility index (Phi) is 4.60. The number of imidazole rings is 1. The summed E-state index contributed by atoms with van der Waals surface area (Å²) in [5, 5.41) is 0.969. The maximum absolute atomic E-state index is 12.8. The Labute approximate surface area is 143 Å². The van der Waals surface area contributed by atoms with Gasteiger partial charge in [-0.15, -0.1) is 0 Å². The van der Waals surface area contributed by atoms with Gasteiger partial charge in [-0.1, -0.05) is 65.7 Å². The number of allylic oxidation sites excluding steroid dienone is 1. The second-order valence-corrected chi connectivity index (χ2v) is 5.70. The monoisotopic (exact) mass is 342 g/mol. The van der Waals surface area contributed by atoms with E-state index in [-0.39, 0.29) is 5.78 Å². The number of halogens is 2. The van der Waals surface area contributed by atoms with Crippen LogP contribution in [0.15, 0.2) is 67.1 Å². The van der Waals surface area contributed by atoms with Crippen molar-refractivity contribution >= 4 is 40.8 Å². The number of hydrogen-bond acceptors (Lipinski definition) is 2. The number of Topliss-reactive ketones (excluding diaryl/α,β-unsaturated/α-hetero) is 1. The van der Waals surface area contributed by atoms with Gasteiger partial charge < -0.3 is 4.57 Å². The number of hydrogen-bond donors (Lipinski definition) is 0. The summed E-state index contributed by atoms with van der Waals surface area (Å²) in [6.07, 6.45) is 4.90. The van der Waals surface area contributed by atoms with Gasteiger partial charge in [0.15, 0.2) is 0 Å². The minimum absolute atomic E-state index is 0.116. The number of ketones is 1. The SMILES string of the molecule is O=C(/C(=C\c1ccc(Cl)cc1)n1cnc(Cl)c1)c1ccccc1. The summed E-state index contributed by atoms with van der Waals surface area (Å²) in [5.74, 6) is -0.116. The lowest BCUT2D eigenvalue weighted by atomic mass is 10.1. The molecule has 3 rings (SSSR count). The summed E-state index contributed by atoms with van der Waals surface area (Å²) >= 11 is 11.8. The third kappa shape index (κ3) is 3.70. The average Bonchev–Trinajstić information content (AvgIpc) is 3.01. The van der Waals surface area contributed by atoms with Gasteiger partial charge in [-0.25, -0.2) is 4.98 Å². The number of aromatic nitrogens is 2. The standard InChI is InChI=1S/C18H12Cl2N2O/c19-15-8-6-13(7-9-15)10-16(22-11-17(20)21-12-22)18(23)14-4-2-1-3-5-14/h1-12H/b16-10+. The van der Waals surface area contributed by atoms with Crippen molar-refractivity contribution in [2.24, 2.45) is 0 Å². The summed E-state index contributed by atoms with van der Waals surface area (Å²) in [7, 11) is 0. The van der Waals surface area contributed by atoms with E-state index in [4.69, 9.17) is 23.2 Å². The zero-order valence-electron chi connectivity index (χ0n) is 12.0. The molecule has 1 heterocycles. The van der Waals surface area contributed by atoms with E-state index in [2.05, 4.69) is 4.98 Å². The second kappa shape index (κ2) is 6.82. The molecule has 3 nitrogen and oxygen atoms in total. The molecule has 114 valence electrons. The molecule has 0 aliphatic carbocycles. The Morgan fingerprint density at radius 2 is 1.70 bits per heavy atom. The first-order valence-corrected chi connectivity index (χ1v) is 7.66. The Balaban J connectivity index is 2.07. The first kappa shape index (κ1) is 15.5. The van der Waals surface area contributed by atoms with Crippen molar-refractivity contribution in [3.8, 4) is 0 Å². The third-order valence-electron chi connectivity index (χ3n) is 3.27. The molecule has 0 amide bonds. The van der Waals surface area contributed by atoms with Crippen LogP contribution >= 0.6 is 23.2 Å². The van der Waals surface area contributed by atoms with Crippen LogP contribution in [-0.2, 0) is 0 Å². The molecule has 0 aliphatic heterocycles. The van der Waals surface area contributed by atoms with Crippen molar-refractivity contribution in [3.63, 3.8) is 0 Å². The van der Waals surface area contributed by atoms with Crippen LogP contribution in [0.2, 0.25) is 10.2 Å². The van der Waals surface area contributed by atoms with E-state index < -0.39 is 0 Å². The van der Waals surface area contributed by atoms with Crippen LogP contribution in [0.5, 0.6) is 0 Å². The highest BCUT2D eigenvalue weighted by molar-refractivity contribution is 6.31. The number of carbonyl (C=O) groups is 1. The predicted octanol–water partition coefficient (Wildman–Crippen LogP) is 5.07. The van der Waals surface area contributed by atoms with Gasteiger partial charge in [0.05, 0.1) is 5.70 Å². The van der Waals surface area contributed by atoms with Crippen LogP contribution < -0.4 is 0 Å². The fourth-order valence-corrected chi connectivity index (χ4v) is 2.42. The van der Waals surface area contributed by atoms with Gasteiger partial charge in [-0.3, -0.25) is 4.79 Å². The fraction of sp³-hybridized carbons (Fsp3) is 0. The largest absolute Gasteiger partial charge is 0.301 e. The van der Waals surface area contributed by atoms with Gasteiger partial charge in [-0.2, -0.15) is 0 Å². The zero-order valence-corrected chi connectivity index (χ0v) is 13.5. The molecule has 0 fully saturated rings. The summed E-state index contributed by atoms with van der Waals surface area (Å²) in [4.78, 5) is 16.8. The van der Waals surface area contributed by atoms with E-state index in [1.807, 2.05) is 30.3 Å². The van der Waals surface area contributed by atoms with Crippen LogP contribution in [0.1, 0.15) is 15.9 Å². The van der Waals surface area contributed by atoms with Crippen molar-refractivity contribution in [3.05, 3.63) is 88.4 Å². The van der Waals surface area contributed by atoms with E-state index in [0.29, 0.717) is 21.4 Å². The number of benzene rings is 2. The van der Waals surface area contributed by atoms with Gasteiger partial charge in [0.25, 0.3) is 0 Å². The molecule has 0 saturated heterocycles. The molecule has 0 radical (unpaired) electrons. The zero-order chi connectivity index (χ0) is 16.2. The molecule has 0 saturated carbocycles. The Morgan fingerprint density at radius 1 is 1.00 bits per heavy atom. The highest BCUT2D eigenvalue weighted by atomic mass is 35.5. The average molecular weight is 343 g/mol. The smallest absolute Gasteiger partial charge is 0.209 e. The summed E-state index contributed by atoms with van der Waals surface area (Å²) < 4.78 is 1.62. The van der Waals surface area contributed by atoms with Crippen molar-refractivity contribution < 1.29 is 4.79 Å². The van der Waals surface area contributed by atoms with Gasteiger partial charge in [0.2, 0.25) is 5.78 Å². The van der Waals surface area contributed by atoms with E-state index >= 15 is 0 Å². The highest BCUT2D eigenvalue weighted by Crippen LogP contribution is 2.20. The van der Waals surface area contributed by atoms with Crippen LogP contribution in [0.3, 0.4) is 0 Å². The molecule has 0 N–H and O–H groups in total. The normalized spacial score (nSPS) is 11.5. The van der Waals surface area contributed by atoms with Crippen LogP contribution in [0.25, 0.3) is 11.8 Å². The number of nitrogens with zero attached hydrogens (tertiary/aromatic N) is 2. The number of rotatable bonds is 4. The highest BCUT2D eigenvalue weighted by Gasteiger charge is 2.14. The lowest BCUT2D eigenvalue weighted by Crippen LogP contribution is -2.08. The molecule has 0 spiro atoms. The topological polar surface area (TPSA) is 34.9 Å². The first-order chi connectivity index (χ1) is 11.1. The number of carbonyl (C=O) groups excluding carboxylic acids is 1. The van der Waals surface area contributed by atoms with Crippen molar-refractivity contribution in [1.82, 2.24) is 9.55 Å². The van der Waals surface area contributed by atoms with Crippen molar-refractivity contribution in [2.75, 3.05) is 0 Å². The summed E-state index contributed by atoms with van der Waals surface area (Å²) in [5.41, 5.74) is 1.91. The molecule has 0 atom stereocenters. The van der Waals surface area contributed by atoms with Gasteiger partial charge in [0, 0.05) is 16.8 Å². The maximum Gasteiger partial charge on any atom is 0.209 e. The minimum Gasteiger partial charge on any atom is -0.301 e. The second-order valence-electron chi connectivity index (χ2n) is 4.88. The molecule has 23 heavy (non-hydrogen) atoms. The lowest BCUT2D eigenvalue weighted by Gasteiger charge is -2.08. The molecule has 1 aromatic heterocycles. The van der Waals surface area contributed by atoms with Crippen LogP contribution in [-0.4, -0.2) is 15.3 Å². The first-order valence-electron chi connectivity index (χ1n) is 6.90. The van der Waals surface area contributed by atoms with Crippen molar-refractivity contribution in [1.29, 1.82) is 0 Å². The molecular weight excluding hydrogens is 331 g/mol. The maximum atomic E-state index is 12.8. The Bertz CT molecular complexity index is 852. The molecule has 5 heteroatoms. The Hall–Kier alpha value is -2.36. The quantitative estimate of drug-likeness (QED) is 0.490. The van der Waals surface area contributed by atoms with Crippen LogP contribution in [0, 0.1) is 0 Å². The molecule has 0 aliphatic rings. The fourth-order valence-electron chi connectivity index (χ4n) is 2.14. The predicted molar refractivity (Wildman–Crippen MR) is 93.6 cm³/mol. The van der Waals surface area contributed by atoms with E-state index in [0.717, 1.165) is 5.56 Å². The van der Waals surface area contributed by atoms with Gasteiger partial charge in [0.1, 0.15) is 11.5 Å². The van der Waals surface area contributed by atoms with Gasteiger partial charge >= 0.3 is 0 Å². The summed E-state index contributed by atoms with van der Waals surface area (Å²) in [6.45, 7) is 0. The molecule has 0 bridgehead atoms.